The minimum absolute atomic E-state index is 0.0238. The molecule has 2 bridgehead atoms. The fourth-order valence-corrected chi connectivity index (χ4v) is 3.56. The van der Waals surface area contributed by atoms with E-state index in [0.717, 1.165) is 17.5 Å². The van der Waals surface area contributed by atoms with E-state index in [-0.39, 0.29) is 5.69 Å². The fraction of sp³-hybridized carbons (Fsp3) is 0.571. The average molecular weight is 262 g/mol. The van der Waals surface area contributed by atoms with E-state index in [2.05, 4.69) is 5.32 Å². The standard InChI is InChI=1S/C14H18N2O3/c1-19-14-5-4-11(8-13(14)16(17)18)15-12-7-9-2-3-10(12)6-9/h4-5,8-10,12,15H,2-3,6-7H2,1H3. The Morgan fingerprint density at radius 1 is 1.37 bits per heavy atom. The number of rotatable bonds is 4. The smallest absolute Gasteiger partial charge is 0.312 e. The van der Waals surface area contributed by atoms with Crippen molar-refractivity contribution in [2.24, 2.45) is 11.8 Å². The van der Waals surface area contributed by atoms with Crippen LogP contribution >= 0.6 is 0 Å². The Kier molecular flexibility index (Phi) is 3.05. The van der Waals surface area contributed by atoms with Gasteiger partial charge >= 0.3 is 5.69 Å². The molecular weight excluding hydrogens is 244 g/mol. The van der Waals surface area contributed by atoms with Gasteiger partial charge in [-0.2, -0.15) is 0 Å². The van der Waals surface area contributed by atoms with Crippen LogP contribution < -0.4 is 10.1 Å². The zero-order chi connectivity index (χ0) is 13.4. The molecule has 5 nitrogen and oxygen atoms in total. The molecule has 3 atom stereocenters. The van der Waals surface area contributed by atoms with Gasteiger partial charge in [0.15, 0.2) is 5.75 Å². The van der Waals surface area contributed by atoms with Crippen LogP contribution in [0.1, 0.15) is 25.7 Å². The van der Waals surface area contributed by atoms with E-state index in [1.54, 1.807) is 12.1 Å². The van der Waals surface area contributed by atoms with E-state index in [4.69, 9.17) is 4.74 Å². The summed E-state index contributed by atoms with van der Waals surface area (Å²) in [6, 6.07) is 5.57. The topological polar surface area (TPSA) is 64.4 Å². The predicted molar refractivity (Wildman–Crippen MR) is 72.5 cm³/mol. The summed E-state index contributed by atoms with van der Waals surface area (Å²) in [7, 11) is 1.45. The Bertz CT molecular complexity index is 503. The number of nitro groups is 1. The Balaban J connectivity index is 1.78. The van der Waals surface area contributed by atoms with Gasteiger partial charge in [0.1, 0.15) is 0 Å². The molecular formula is C14H18N2O3. The zero-order valence-corrected chi connectivity index (χ0v) is 11.0. The number of nitro benzene ring substituents is 1. The zero-order valence-electron chi connectivity index (χ0n) is 11.0. The maximum Gasteiger partial charge on any atom is 0.312 e. The first kappa shape index (κ1) is 12.3. The number of hydrogen-bond donors (Lipinski definition) is 1. The molecule has 2 fully saturated rings. The van der Waals surface area contributed by atoms with E-state index >= 15 is 0 Å². The lowest BCUT2D eigenvalue weighted by Gasteiger charge is -2.24. The summed E-state index contributed by atoms with van der Waals surface area (Å²) in [4.78, 5) is 10.6. The molecule has 102 valence electrons. The highest BCUT2D eigenvalue weighted by Crippen LogP contribution is 2.45. The molecule has 3 rings (SSSR count). The third-order valence-corrected chi connectivity index (χ3v) is 4.47. The van der Waals surface area contributed by atoms with E-state index in [1.165, 1.54) is 32.8 Å². The molecule has 0 radical (unpaired) electrons. The lowest BCUT2D eigenvalue weighted by atomic mass is 9.95. The second-order valence-corrected chi connectivity index (χ2v) is 5.57. The Morgan fingerprint density at radius 3 is 2.79 bits per heavy atom. The van der Waals surface area contributed by atoms with Gasteiger partial charge in [0.05, 0.1) is 12.0 Å². The Hall–Kier alpha value is -1.78. The van der Waals surface area contributed by atoms with Crippen molar-refractivity contribution in [3.8, 4) is 5.75 Å². The number of nitrogens with zero attached hydrogens (tertiary/aromatic N) is 1. The molecule has 5 heteroatoms. The lowest BCUT2D eigenvalue weighted by Crippen LogP contribution is -2.25. The van der Waals surface area contributed by atoms with Crippen LogP contribution in [0.25, 0.3) is 0 Å². The van der Waals surface area contributed by atoms with Crippen LogP contribution in [0.3, 0.4) is 0 Å². The predicted octanol–water partition coefficient (Wildman–Crippen LogP) is 3.20. The minimum atomic E-state index is -0.398. The summed E-state index contributed by atoms with van der Waals surface area (Å²) in [5, 5.41) is 14.5. The number of benzene rings is 1. The van der Waals surface area contributed by atoms with Crippen molar-refractivity contribution >= 4 is 11.4 Å². The van der Waals surface area contributed by atoms with E-state index in [9.17, 15) is 10.1 Å². The molecule has 3 unspecified atom stereocenters. The molecule has 0 spiro atoms. The first-order chi connectivity index (χ1) is 9.17. The van der Waals surface area contributed by atoms with Crippen molar-refractivity contribution in [3.05, 3.63) is 28.3 Å². The molecule has 1 aromatic carbocycles. The number of hydrogen-bond acceptors (Lipinski definition) is 4. The molecule has 0 saturated heterocycles. The minimum Gasteiger partial charge on any atom is -0.490 e. The van der Waals surface area contributed by atoms with Crippen molar-refractivity contribution in [2.45, 2.75) is 31.7 Å². The second kappa shape index (κ2) is 4.72. The highest BCUT2D eigenvalue weighted by atomic mass is 16.6. The normalized spacial score (nSPS) is 28.4. The van der Waals surface area contributed by atoms with Crippen molar-refractivity contribution in [1.82, 2.24) is 0 Å². The highest BCUT2D eigenvalue weighted by Gasteiger charge is 2.39. The van der Waals surface area contributed by atoms with Gasteiger partial charge in [0.25, 0.3) is 0 Å². The number of methoxy groups -OCH3 is 1. The van der Waals surface area contributed by atoms with Crippen molar-refractivity contribution in [2.75, 3.05) is 12.4 Å². The molecule has 0 amide bonds. The summed E-state index contributed by atoms with van der Waals surface area (Å²) >= 11 is 0. The van der Waals surface area contributed by atoms with E-state index in [1.807, 2.05) is 6.07 Å². The van der Waals surface area contributed by atoms with Gasteiger partial charge in [-0.05, 0) is 43.2 Å². The van der Waals surface area contributed by atoms with Gasteiger partial charge < -0.3 is 10.1 Å². The van der Waals surface area contributed by atoms with Crippen LogP contribution in [0.4, 0.5) is 11.4 Å². The van der Waals surface area contributed by atoms with Gasteiger partial charge in [-0.3, -0.25) is 10.1 Å². The molecule has 0 heterocycles. The van der Waals surface area contributed by atoms with Gasteiger partial charge in [0, 0.05) is 17.8 Å². The molecule has 2 saturated carbocycles. The summed E-state index contributed by atoms with van der Waals surface area (Å²) in [6.07, 6.45) is 5.16. The highest BCUT2D eigenvalue weighted by molar-refractivity contribution is 5.59. The maximum atomic E-state index is 11.0. The molecule has 0 aliphatic heterocycles. The average Bonchev–Trinajstić information content (AvgIpc) is 3.01. The van der Waals surface area contributed by atoms with Crippen molar-refractivity contribution in [3.63, 3.8) is 0 Å². The fourth-order valence-electron chi connectivity index (χ4n) is 3.56. The Labute approximate surface area is 112 Å². The number of nitrogens with one attached hydrogen (secondary N) is 1. The number of ether oxygens (including phenoxy) is 1. The molecule has 1 aromatic rings. The SMILES string of the molecule is COc1ccc(NC2CC3CCC2C3)cc1[N+](=O)[O-]. The second-order valence-electron chi connectivity index (χ2n) is 5.57. The third-order valence-electron chi connectivity index (χ3n) is 4.47. The van der Waals surface area contributed by atoms with Crippen LogP contribution in [0.5, 0.6) is 5.75 Å². The van der Waals surface area contributed by atoms with Gasteiger partial charge in [-0.1, -0.05) is 6.42 Å². The first-order valence-electron chi connectivity index (χ1n) is 6.76. The molecule has 2 aliphatic rings. The van der Waals surface area contributed by atoms with Crippen LogP contribution in [-0.2, 0) is 0 Å². The maximum absolute atomic E-state index is 11.0. The van der Waals surface area contributed by atoms with Crippen LogP contribution in [-0.4, -0.2) is 18.1 Å². The molecule has 2 aliphatic carbocycles. The monoisotopic (exact) mass is 262 g/mol. The van der Waals surface area contributed by atoms with E-state index < -0.39 is 4.92 Å². The molecule has 1 N–H and O–H groups in total. The third kappa shape index (κ3) is 2.25. The van der Waals surface area contributed by atoms with Gasteiger partial charge in [-0.25, -0.2) is 0 Å². The molecule has 19 heavy (non-hydrogen) atoms. The number of anilines is 1. The molecule has 0 aromatic heterocycles. The van der Waals surface area contributed by atoms with Crippen LogP contribution in [0, 0.1) is 22.0 Å². The van der Waals surface area contributed by atoms with Gasteiger partial charge in [-0.15, -0.1) is 0 Å². The van der Waals surface area contributed by atoms with Crippen LogP contribution in [0.15, 0.2) is 18.2 Å². The van der Waals surface area contributed by atoms with Crippen LogP contribution in [0.2, 0.25) is 0 Å². The Morgan fingerprint density at radius 2 is 2.21 bits per heavy atom. The van der Waals surface area contributed by atoms with Crippen molar-refractivity contribution in [1.29, 1.82) is 0 Å². The summed E-state index contributed by atoms with van der Waals surface area (Å²) < 4.78 is 5.01. The summed E-state index contributed by atoms with van der Waals surface area (Å²) in [6.45, 7) is 0. The largest absolute Gasteiger partial charge is 0.490 e. The van der Waals surface area contributed by atoms with E-state index in [0.29, 0.717) is 11.8 Å². The van der Waals surface area contributed by atoms with Gasteiger partial charge in [0.2, 0.25) is 0 Å². The quantitative estimate of drug-likeness (QED) is 0.668. The summed E-state index contributed by atoms with van der Waals surface area (Å²) in [5.41, 5.74) is 0.848. The lowest BCUT2D eigenvalue weighted by molar-refractivity contribution is -0.385. The number of fused-ring (bicyclic) bond motifs is 2. The van der Waals surface area contributed by atoms with Crippen molar-refractivity contribution < 1.29 is 9.66 Å². The summed E-state index contributed by atoms with van der Waals surface area (Å²) in [5.74, 6) is 1.91. The first-order valence-corrected chi connectivity index (χ1v) is 6.76.